The zero-order chi connectivity index (χ0) is 26.2. The third-order valence-corrected chi connectivity index (χ3v) is 7.26. The fourth-order valence-corrected chi connectivity index (χ4v) is 5.07. The van der Waals surface area contributed by atoms with E-state index in [1.807, 2.05) is 48.5 Å². The number of carbonyl (C=O) groups excluding carboxylic acids is 2. The number of Topliss-reactive ketones (excluding diaryl/α,β-unsaturated/α-hetero) is 2. The molecule has 1 aliphatic heterocycles. The molecule has 0 bridgehead atoms. The first kappa shape index (κ1) is 26.0. The number of aromatic nitrogens is 2. The number of hydrogen-bond acceptors (Lipinski definition) is 7. The van der Waals surface area contributed by atoms with Gasteiger partial charge in [-0.1, -0.05) is 30.7 Å². The van der Waals surface area contributed by atoms with E-state index in [-0.39, 0.29) is 41.9 Å². The summed E-state index contributed by atoms with van der Waals surface area (Å²) in [5, 5.41) is 3.33. The Hall–Kier alpha value is -3.58. The molecule has 2 aromatic carbocycles. The van der Waals surface area contributed by atoms with Crippen molar-refractivity contribution in [1.82, 2.24) is 15.3 Å². The van der Waals surface area contributed by atoms with Crippen molar-refractivity contribution >= 4 is 11.6 Å². The number of rotatable bonds is 10. The molecule has 1 aromatic heterocycles. The summed E-state index contributed by atoms with van der Waals surface area (Å²) in [7, 11) is 0. The molecule has 1 aliphatic carbocycles. The van der Waals surface area contributed by atoms with Gasteiger partial charge in [0.15, 0.2) is 11.6 Å². The predicted molar refractivity (Wildman–Crippen MR) is 145 cm³/mol. The lowest BCUT2D eigenvalue weighted by molar-refractivity contribution is 0.0987. The second-order valence-corrected chi connectivity index (χ2v) is 10.2. The second kappa shape index (κ2) is 12.8. The Bertz CT molecular complexity index is 1120. The van der Waals surface area contributed by atoms with Crippen LogP contribution in [-0.4, -0.2) is 46.8 Å². The molecule has 198 valence electrons. The number of nitrogens with one attached hydrogen (secondary N) is 1. The Labute approximate surface area is 224 Å². The van der Waals surface area contributed by atoms with Crippen LogP contribution in [0.15, 0.2) is 60.9 Å². The van der Waals surface area contributed by atoms with Crippen molar-refractivity contribution in [2.75, 3.05) is 13.1 Å². The number of nitrogens with zero attached hydrogens (tertiary/aromatic N) is 2. The van der Waals surface area contributed by atoms with E-state index in [0.29, 0.717) is 6.10 Å². The highest BCUT2D eigenvalue weighted by molar-refractivity contribution is 6.00. The fraction of sp³-hybridized carbons (Fsp3) is 0.419. The molecule has 1 saturated heterocycles. The summed E-state index contributed by atoms with van der Waals surface area (Å²) < 4.78 is 12.1. The quantitative estimate of drug-likeness (QED) is 0.374. The van der Waals surface area contributed by atoms with Crippen molar-refractivity contribution in [3.8, 4) is 11.5 Å². The molecule has 0 unspecified atom stereocenters. The minimum absolute atomic E-state index is 0.151. The summed E-state index contributed by atoms with van der Waals surface area (Å²) in [5.74, 6) is 1.35. The van der Waals surface area contributed by atoms with Gasteiger partial charge in [-0.15, -0.1) is 0 Å². The van der Waals surface area contributed by atoms with Crippen molar-refractivity contribution in [2.24, 2.45) is 0 Å². The van der Waals surface area contributed by atoms with Crippen molar-refractivity contribution in [3.05, 3.63) is 83.4 Å². The van der Waals surface area contributed by atoms with Gasteiger partial charge in [0, 0.05) is 12.8 Å². The molecule has 2 fully saturated rings. The van der Waals surface area contributed by atoms with Gasteiger partial charge in [-0.3, -0.25) is 9.59 Å². The van der Waals surface area contributed by atoms with E-state index in [1.54, 1.807) is 0 Å². The van der Waals surface area contributed by atoms with Crippen molar-refractivity contribution in [3.63, 3.8) is 0 Å². The maximum atomic E-state index is 12.9. The van der Waals surface area contributed by atoms with Crippen LogP contribution in [0.2, 0.25) is 0 Å². The van der Waals surface area contributed by atoms with E-state index in [2.05, 4.69) is 15.3 Å². The first-order valence-electron chi connectivity index (χ1n) is 13.7. The molecule has 0 radical (unpaired) electrons. The van der Waals surface area contributed by atoms with Crippen LogP contribution < -0.4 is 14.8 Å². The molecule has 38 heavy (non-hydrogen) atoms. The Morgan fingerprint density at radius 3 is 1.66 bits per heavy atom. The average molecular weight is 514 g/mol. The number of ketones is 2. The SMILES string of the molecule is O=C(Cc1ccc(OC2CCCCC2)cc1)c1cc(C(=O)Cc2ccc(OC3CCNCC3)cc2)ncn1. The lowest BCUT2D eigenvalue weighted by Gasteiger charge is -2.23. The smallest absolute Gasteiger partial charge is 0.185 e. The molecule has 7 nitrogen and oxygen atoms in total. The normalized spacial score (nSPS) is 16.6. The molecule has 3 aromatic rings. The Kier molecular flexibility index (Phi) is 8.76. The van der Waals surface area contributed by atoms with Gasteiger partial charge < -0.3 is 14.8 Å². The van der Waals surface area contributed by atoms with Crippen molar-refractivity contribution in [1.29, 1.82) is 0 Å². The number of carbonyl (C=O) groups is 2. The number of benzene rings is 2. The molecule has 2 aliphatic rings. The number of hydrogen-bond donors (Lipinski definition) is 1. The Morgan fingerprint density at radius 1 is 0.684 bits per heavy atom. The molecule has 1 saturated carbocycles. The third-order valence-electron chi connectivity index (χ3n) is 7.26. The highest BCUT2D eigenvalue weighted by Gasteiger charge is 2.17. The maximum absolute atomic E-state index is 12.9. The number of ether oxygens (including phenoxy) is 2. The average Bonchev–Trinajstić information content (AvgIpc) is 2.96. The molecular weight excluding hydrogens is 478 g/mol. The summed E-state index contributed by atoms with van der Waals surface area (Å²) in [6.07, 6.45) is 10.1. The Balaban J connectivity index is 1.14. The number of piperidine rings is 1. The summed E-state index contributed by atoms with van der Waals surface area (Å²) in [6, 6.07) is 16.8. The monoisotopic (exact) mass is 513 g/mol. The zero-order valence-corrected chi connectivity index (χ0v) is 21.7. The summed E-state index contributed by atoms with van der Waals surface area (Å²) >= 11 is 0. The van der Waals surface area contributed by atoms with Crippen LogP contribution in [0.3, 0.4) is 0 Å². The van der Waals surface area contributed by atoms with Crippen molar-refractivity contribution < 1.29 is 19.1 Å². The van der Waals surface area contributed by atoms with E-state index < -0.39 is 0 Å². The summed E-state index contributed by atoms with van der Waals surface area (Å²) in [6.45, 7) is 1.95. The highest BCUT2D eigenvalue weighted by atomic mass is 16.5. The lowest BCUT2D eigenvalue weighted by Crippen LogP contribution is -2.34. The largest absolute Gasteiger partial charge is 0.490 e. The van der Waals surface area contributed by atoms with Gasteiger partial charge in [-0.05, 0) is 93.1 Å². The molecule has 0 atom stereocenters. The van der Waals surface area contributed by atoms with Crippen LogP contribution in [0.1, 0.15) is 77.0 Å². The standard InChI is InChI=1S/C31H35N3O4/c35-30(18-22-6-10-25(11-7-22)37-24-4-2-1-3-5-24)28-20-29(34-21-33-28)31(36)19-23-8-12-26(13-9-23)38-27-14-16-32-17-15-27/h6-13,20-21,24,27,32H,1-5,14-19H2. The minimum Gasteiger partial charge on any atom is -0.490 e. The van der Waals surface area contributed by atoms with Gasteiger partial charge in [0.05, 0.1) is 6.10 Å². The fourth-order valence-electron chi connectivity index (χ4n) is 5.07. The molecule has 2 heterocycles. The van der Waals surface area contributed by atoms with E-state index in [0.717, 1.165) is 61.4 Å². The first-order chi connectivity index (χ1) is 18.6. The summed E-state index contributed by atoms with van der Waals surface area (Å²) in [4.78, 5) is 34.1. The molecule has 1 N–H and O–H groups in total. The third kappa shape index (κ3) is 7.25. The van der Waals surface area contributed by atoms with Crippen molar-refractivity contribution in [2.45, 2.75) is 70.0 Å². The van der Waals surface area contributed by atoms with Gasteiger partial charge in [0.1, 0.15) is 35.3 Å². The van der Waals surface area contributed by atoms with Crippen LogP contribution in [0.25, 0.3) is 0 Å². The van der Waals surface area contributed by atoms with Gasteiger partial charge >= 0.3 is 0 Å². The molecule has 5 rings (SSSR count). The minimum atomic E-state index is -0.155. The van der Waals surface area contributed by atoms with E-state index in [9.17, 15) is 9.59 Å². The van der Waals surface area contributed by atoms with Crippen LogP contribution in [-0.2, 0) is 12.8 Å². The molecule has 0 amide bonds. The summed E-state index contributed by atoms with van der Waals surface area (Å²) in [5.41, 5.74) is 2.24. The topological polar surface area (TPSA) is 90.4 Å². The molecule has 0 spiro atoms. The van der Waals surface area contributed by atoms with Crippen LogP contribution >= 0.6 is 0 Å². The van der Waals surface area contributed by atoms with Gasteiger partial charge in [0.25, 0.3) is 0 Å². The molecule has 7 heteroatoms. The van der Waals surface area contributed by atoms with E-state index in [4.69, 9.17) is 9.47 Å². The zero-order valence-electron chi connectivity index (χ0n) is 21.7. The second-order valence-electron chi connectivity index (χ2n) is 10.2. The first-order valence-corrected chi connectivity index (χ1v) is 13.7. The highest BCUT2D eigenvalue weighted by Crippen LogP contribution is 2.24. The lowest BCUT2D eigenvalue weighted by atomic mass is 9.98. The van der Waals surface area contributed by atoms with E-state index >= 15 is 0 Å². The predicted octanol–water partition coefficient (Wildman–Crippen LogP) is 5.17. The Morgan fingerprint density at radius 2 is 1.16 bits per heavy atom. The van der Waals surface area contributed by atoms with E-state index in [1.165, 1.54) is 31.7 Å². The van der Waals surface area contributed by atoms with Crippen LogP contribution in [0, 0.1) is 0 Å². The van der Waals surface area contributed by atoms with Gasteiger partial charge in [-0.2, -0.15) is 0 Å². The molecular formula is C31H35N3O4. The van der Waals surface area contributed by atoms with Gasteiger partial charge in [0.2, 0.25) is 0 Å². The van der Waals surface area contributed by atoms with Gasteiger partial charge in [-0.25, -0.2) is 9.97 Å². The maximum Gasteiger partial charge on any atom is 0.185 e. The van der Waals surface area contributed by atoms with Crippen LogP contribution in [0.4, 0.5) is 0 Å². The van der Waals surface area contributed by atoms with Crippen LogP contribution in [0.5, 0.6) is 11.5 Å².